The Morgan fingerprint density at radius 3 is 1.96 bits per heavy atom. The maximum Gasteiger partial charge on any atom is 0.303 e. The molecule has 1 aliphatic heterocycles. The van der Waals surface area contributed by atoms with E-state index in [0.29, 0.717) is 0 Å². The van der Waals surface area contributed by atoms with Gasteiger partial charge in [-0.15, -0.1) is 0 Å². The first-order valence-corrected chi connectivity index (χ1v) is 7.58. The number of rotatable bonds is 7. The Hall–Kier alpha value is -1.75. The molecule has 1 aliphatic rings. The van der Waals surface area contributed by atoms with Crippen molar-refractivity contribution in [3.05, 3.63) is 0 Å². The second-order valence-electron chi connectivity index (χ2n) is 5.42. The zero-order valence-electron chi connectivity index (χ0n) is 14.8. The fourth-order valence-corrected chi connectivity index (χ4v) is 2.56. The molecule has 0 unspecified atom stereocenters. The van der Waals surface area contributed by atoms with E-state index in [4.69, 9.17) is 28.4 Å². The molecule has 0 aromatic heterocycles. The Morgan fingerprint density at radius 2 is 1.52 bits per heavy atom. The summed E-state index contributed by atoms with van der Waals surface area (Å²) in [5.74, 6) is -1.84. The zero-order chi connectivity index (χ0) is 19.1. The molecule has 1 saturated heterocycles. The van der Waals surface area contributed by atoms with Gasteiger partial charge < -0.3 is 33.5 Å². The lowest BCUT2D eigenvalue weighted by Gasteiger charge is -2.44. The van der Waals surface area contributed by atoms with Gasteiger partial charge in [0.25, 0.3) is 0 Å². The molecule has 0 amide bonds. The van der Waals surface area contributed by atoms with Crippen molar-refractivity contribution in [3.63, 3.8) is 0 Å². The van der Waals surface area contributed by atoms with Gasteiger partial charge in [-0.2, -0.15) is 0 Å². The van der Waals surface area contributed by atoms with Gasteiger partial charge in [0.1, 0.15) is 24.9 Å². The molecule has 144 valence electrons. The molecule has 1 fully saturated rings. The van der Waals surface area contributed by atoms with Crippen molar-refractivity contribution in [1.82, 2.24) is 0 Å². The molecule has 10 nitrogen and oxygen atoms in total. The van der Waals surface area contributed by atoms with Crippen LogP contribution < -0.4 is 0 Å². The van der Waals surface area contributed by atoms with Crippen molar-refractivity contribution >= 4 is 17.9 Å². The molecule has 0 saturated carbocycles. The topological polar surface area (TPSA) is 127 Å². The Balaban J connectivity index is 3.10. The summed E-state index contributed by atoms with van der Waals surface area (Å²) in [6, 6.07) is 0. The maximum absolute atomic E-state index is 11.5. The number of carbonyl (C=O) groups is 3. The standard InChI is InChI=1S/C15H24O10/c1-7(16)22-6-10(20-4)11-13(23-8(2)17)12(21-5)14(15(19)25-11)24-9(3)18/h10-15,19H,6H2,1-5H3/t10-,11-,12+,13-,14-,15-/m1/s1. The van der Waals surface area contributed by atoms with Crippen LogP contribution in [0.3, 0.4) is 0 Å². The van der Waals surface area contributed by atoms with Crippen molar-refractivity contribution in [1.29, 1.82) is 0 Å². The largest absolute Gasteiger partial charge is 0.463 e. The highest BCUT2D eigenvalue weighted by atomic mass is 16.7. The third kappa shape index (κ3) is 5.92. The summed E-state index contributed by atoms with van der Waals surface area (Å²) in [5, 5.41) is 10.2. The first kappa shape index (κ1) is 21.3. The van der Waals surface area contributed by atoms with E-state index in [2.05, 4.69) is 0 Å². The van der Waals surface area contributed by atoms with Crippen LogP contribution in [0.2, 0.25) is 0 Å². The van der Waals surface area contributed by atoms with Crippen LogP contribution in [0.1, 0.15) is 20.8 Å². The first-order chi connectivity index (χ1) is 11.7. The zero-order valence-corrected chi connectivity index (χ0v) is 14.8. The summed E-state index contributed by atoms with van der Waals surface area (Å²) in [5.41, 5.74) is 0. The minimum absolute atomic E-state index is 0.199. The average molecular weight is 364 g/mol. The second kappa shape index (κ2) is 9.66. The molecule has 0 aromatic carbocycles. The summed E-state index contributed by atoms with van der Waals surface area (Å²) in [4.78, 5) is 33.8. The third-order valence-corrected chi connectivity index (χ3v) is 3.55. The number of hydrogen-bond acceptors (Lipinski definition) is 10. The van der Waals surface area contributed by atoms with Crippen molar-refractivity contribution in [3.8, 4) is 0 Å². The quantitative estimate of drug-likeness (QED) is 0.451. The molecule has 1 heterocycles. The summed E-state index contributed by atoms with van der Waals surface area (Å²) in [7, 11) is 2.65. The second-order valence-corrected chi connectivity index (χ2v) is 5.42. The summed E-state index contributed by atoms with van der Waals surface area (Å²) in [6.07, 6.45) is -6.75. The number of aliphatic hydroxyl groups excluding tert-OH is 1. The molecule has 0 aromatic rings. The van der Waals surface area contributed by atoms with Gasteiger partial charge in [0, 0.05) is 35.0 Å². The van der Waals surface area contributed by atoms with Crippen LogP contribution in [0.15, 0.2) is 0 Å². The van der Waals surface area contributed by atoms with Crippen LogP contribution in [-0.2, 0) is 42.8 Å². The molecule has 0 aliphatic carbocycles. The van der Waals surface area contributed by atoms with Gasteiger partial charge in [-0.25, -0.2) is 0 Å². The highest BCUT2D eigenvalue weighted by Crippen LogP contribution is 2.29. The van der Waals surface area contributed by atoms with E-state index in [1.54, 1.807) is 0 Å². The molecule has 1 rings (SSSR count). The lowest BCUT2D eigenvalue weighted by molar-refractivity contribution is -0.308. The monoisotopic (exact) mass is 364 g/mol. The lowest BCUT2D eigenvalue weighted by atomic mass is 9.94. The van der Waals surface area contributed by atoms with E-state index in [0.717, 1.165) is 6.92 Å². The van der Waals surface area contributed by atoms with Crippen LogP contribution in [0.25, 0.3) is 0 Å². The minimum Gasteiger partial charge on any atom is -0.463 e. The van der Waals surface area contributed by atoms with E-state index >= 15 is 0 Å². The molecule has 1 N–H and O–H groups in total. The number of esters is 3. The van der Waals surface area contributed by atoms with Crippen molar-refractivity contribution in [2.24, 2.45) is 0 Å². The van der Waals surface area contributed by atoms with Crippen molar-refractivity contribution in [2.75, 3.05) is 20.8 Å². The van der Waals surface area contributed by atoms with Gasteiger partial charge in [-0.05, 0) is 0 Å². The van der Waals surface area contributed by atoms with E-state index in [1.807, 2.05) is 0 Å². The molecule has 6 atom stereocenters. The van der Waals surface area contributed by atoms with Gasteiger partial charge in [-0.3, -0.25) is 14.4 Å². The number of carbonyl (C=O) groups excluding carboxylic acids is 3. The van der Waals surface area contributed by atoms with Gasteiger partial charge in [0.15, 0.2) is 18.5 Å². The highest BCUT2D eigenvalue weighted by Gasteiger charge is 2.52. The van der Waals surface area contributed by atoms with Gasteiger partial charge in [-0.1, -0.05) is 0 Å². The van der Waals surface area contributed by atoms with Crippen LogP contribution in [0.5, 0.6) is 0 Å². The van der Waals surface area contributed by atoms with Crippen LogP contribution in [0, 0.1) is 0 Å². The molecule has 0 spiro atoms. The molecule has 25 heavy (non-hydrogen) atoms. The average Bonchev–Trinajstić information content (AvgIpc) is 2.50. The lowest BCUT2D eigenvalue weighted by Crippen LogP contribution is -2.64. The third-order valence-electron chi connectivity index (χ3n) is 3.55. The predicted molar refractivity (Wildman–Crippen MR) is 80.2 cm³/mol. The van der Waals surface area contributed by atoms with Gasteiger partial charge in [0.05, 0.1) is 0 Å². The summed E-state index contributed by atoms with van der Waals surface area (Å²) >= 11 is 0. The predicted octanol–water partition coefficient (Wildman–Crippen LogP) is -0.840. The van der Waals surface area contributed by atoms with Crippen molar-refractivity contribution < 1.29 is 47.9 Å². The number of ether oxygens (including phenoxy) is 6. The molecule has 10 heteroatoms. The molecule has 0 bridgehead atoms. The normalized spacial score (nSPS) is 30.2. The van der Waals surface area contributed by atoms with Crippen LogP contribution in [-0.4, -0.2) is 80.7 Å². The Morgan fingerprint density at radius 1 is 0.960 bits per heavy atom. The molecule has 0 radical (unpaired) electrons. The maximum atomic E-state index is 11.5. The molecular weight excluding hydrogens is 340 g/mol. The van der Waals surface area contributed by atoms with E-state index in [-0.39, 0.29) is 6.61 Å². The number of hydrogen-bond donors (Lipinski definition) is 1. The summed E-state index contributed by atoms with van der Waals surface area (Å²) < 4.78 is 31.1. The SMILES string of the molecule is CO[C@H]1[C@H](OC(C)=O)[C@@H]([C@@H](COC(C)=O)OC)O[C@@H](O)[C@@H]1OC(C)=O. The van der Waals surface area contributed by atoms with Crippen molar-refractivity contribution in [2.45, 2.75) is 57.6 Å². The van der Waals surface area contributed by atoms with Gasteiger partial charge >= 0.3 is 17.9 Å². The van der Waals surface area contributed by atoms with E-state index < -0.39 is 54.7 Å². The first-order valence-electron chi connectivity index (χ1n) is 7.58. The van der Waals surface area contributed by atoms with Crippen LogP contribution in [0.4, 0.5) is 0 Å². The van der Waals surface area contributed by atoms with Gasteiger partial charge in [0.2, 0.25) is 0 Å². The minimum atomic E-state index is -1.55. The fourth-order valence-electron chi connectivity index (χ4n) is 2.56. The van der Waals surface area contributed by atoms with E-state index in [9.17, 15) is 19.5 Å². The Bertz CT molecular complexity index is 479. The number of aliphatic hydroxyl groups is 1. The Kier molecular flexibility index (Phi) is 8.23. The molecular formula is C15H24O10. The van der Waals surface area contributed by atoms with E-state index in [1.165, 1.54) is 28.1 Å². The number of methoxy groups -OCH3 is 2. The van der Waals surface area contributed by atoms with Crippen LogP contribution >= 0.6 is 0 Å². The summed E-state index contributed by atoms with van der Waals surface area (Å²) in [6.45, 7) is 3.37. The fraction of sp³-hybridized carbons (Fsp3) is 0.800. The highest BCUT2D eigenvalue weighted by molar-refractivity contribution is 5.67. The smallest absolute Gasteiger partial charge is 0.303 e. The Labute approximate surface area is 145 Å².